The first-order valence-corrected chi connectivity index (χ1v) is 13.3. The van der Waals surface area contributed by atoms with Gasteiger partial charge >= 0.3 is 0 Å². The summed E-state index contributed by atoms with van der Waals surface area (Å²) in [6.07, 6.45) is 4.71. The van der Waals surface area contributed by atoms with Crippen molar-refractivity contribution >= 4 is 74.7 Å². The number of halogens is 3. The summed E-state index contributed by atoms with van der Waals surface area (Å²) in [6, 6.07) is 18.9. The highest BCUT2D eigenvalue weighted by atomic mass is 35.5. The van der Waals surface area contributed by atoms with E-state index in [0.717, 1.165) is 45.8 Å². The van der Waals surface area contributed by atoms with Crippen LogP contribution in [0.2, 0.25) is 15.1 Å². The summed E-state index contributed by atoms with van der Waals surface area (Å²) < 4.78 is 2.16. The Morgan fingerprint density at radius 1 is 0.889 bits per heavy atom. The van der Waals surface area contributed by atoms with Gasteiger partial charge in [0.1, 0.15) is 0 Å². The molecule has 1 saturated heterocycles. The fraction of sp³-hybridized carbons (Fsp3) is 0.143. The molecular weight excluding hydrogens is 535 g/mol. The highest BCUT2D eigenvalue weighted by Crippen LogP contribution is 2.36. The number of aromatic nitrogens is 1. The number of nitrogens with zero attached hydrogens (tertiary/aromatic N) is 2. The van der Waals surface area contributed by atoms with Gasteiger partial charge in [0.2, 0.25) is 0 Å². The Hall–Kier alpha value is -2.70. The maximum Gasteiger partial charge on any atom is 0.293 e. The quantitative estimate of drug-likeness (QED) is 0.224. The van der Waals surface area contributed by atoms with Gasteiger partial charge in [-0.05, 0) is 65.2 Å². The molecule has 0 N–H and O–H groups in total. The number of carbonyl (C=O) groups excluding carboxylic acids is 2. The molecule has 4 aromatic rings. The Morgan fingerprint density at radius 2 is 1.64 bits per heavy atom. The molecule has 0 aliphatic carbocycles. The first-order valence-electron chi connectivity index (χ1n) is 11.4. The van der Waals surface area contributed by atoms with Crippen molar-refractivity contribution in [2.75, 3.05) is 0 Å². The van der Waals surface area contributed by atoms with Gasteiger partial charge in [-0.15, -0.1) is 0 Å². The molecule has 1 aliphatic heterocycles. The predicted octanol–water partition coefficient (Wildman–Crippen LogP) is 8.45. The van der Waals surface area contributed by atoms with Crippen LogP contribution in [0.4, 0.5) is 4.79 Å². The molecule has 0 unspecified atom stereocenters. The molecule has 1 fully saturated rings. The fourth-order valence-corrected chi connectivity index (χ4v) is 5.65. The molecule has 3 aromatic carbocycles. The average Bonchev–Trinajstić information content (AvgIpc) is 3.34. The summed E-state index contributed by atoms with van der Waals surface area (Å²) in [7, 11) is 0. The lowest BCUT2D eigenvalue weighted by Crippen LogP contribution is -2.27. The second-order valence-corrected chi connectivity index (χ2v) is 10.8. The van der Waals surface area contributed by atoms with Crippen LogP contribution in [-0.2, 0) is 24.3 Å². The standard InChI is InChI=1S/C28H21Cl3N2O2S/c1-2-19-4-3-5-22-20(16-32(26(19)22)14-18-8-11-23(30)24(31)12-18)13-25-27(34)33(28(35)36-25)15-17-6-9-21(29)10-7-17/h3-13,16H,2,14-15H2,1H3/b25-13-. The number of hydrogen-bond donors (Lipinski definition) is 0. The molecule has 0 saturated carbocycles. The third-order valence-electron chi connectivity index (χ3n) is 6.14. The van der Waals surface area contributed by atoms with E-state index in [0.29, 0.717) is 26.5 Å². The van der Waals surface area contributed by atoms with Gasteiger partial charge in [0, 0.05) is 28.7 Å². The van der Waals surface area contributed by atoms with E-state index in [4.69, 9.17) is 34.8 Å². The summed E-state index contributed by atoms with van der Waals surface area (Å²) in [6.45, 7) is 2.92. The molecule has 36 heavy (non-hydrogen) atoms. The highest BCUT2D eigenvalue weighted by molar-refractivity contribution is 8.18. The third-order valence-corrected chi connectivity index (χ3v) is 8.04. The number of fused-ring (bicyclic) bond motifs is 1. The minimum absolute atomic E-state index is 0.207. The number of para-hydroxylation sites is 1. The lowest BCUT2D eigenvalue weighted by atomic mass is 10.1. The van der Waals surface area contributed by atoms with Crippen molar-refractivity contribution in [3.05, 3.63) is 109 Å². The molecule has 0 spiro atoms. The molecule has 4 nitrogen and oxygen atoms in total. The van der Waals surface area contributed by atoms with E-state index in [1.807, 2.05) is 48.7 Å². The summed E-state index contributed by atoms with van der Waals surface area (Å²) in [4.78, 5) is 27.5. The van der Waals surface area contributed by atoms with E-state index < -0.39 is 0 Å². The Kier molecular flexibility index (Phi) is 7.18. The zero-order chi connectivity index (χ0) is 25.4. The molecule has 0 radical (unpaired) electrons. The average molecular weight is 556 g/mol. The first-order chi connectivity index (χ1) is 17.3. The van der Waals surface area contributed by atoms with Crippen LogP contribution < -0.4 is 0 Å². The van der Waals surface area contributed by atoms with Crippen molar-refractivity contribution in [1.29, 1.82) is 0 Å². The largest absolute Gasteiger partial charge is 0.342 e. The molecule has 2 heterocycles. The van der Waals surface area contributed by atoms with Crippen molar-refractivity contribution in [2.24, 2.45) is 0 Å². The van der Waals surface area contributed by atoms with Gasteiger partial charge in [0.15, 0.2) is 0 Å². The minimum atomic E-state index is -0.294. The normalized spacial score (nSPS) is 15.0. The van der Waals surface area contributed by atoms with E-state index in [2.05, 4.69) is 17.6 Å². The van der Waals surface area contributed by atoms with Gasteiger partial charge in [-0.25, -0.2) is 0 Å². The number of aryl methyl sites for hydroxylation is 1. The highest BCUT2D eigenvalue weighted by Gasteiger charge is 2.35. The maximum atomic E-state index is 13.2. The van der Waals surface area contributed by atoms with Gasteiger partial charge in [-0.1, -0.05) is 78.1 Å². The lowest BCUT2D eigenvalue weighted by Gasteiger charge is -2.12. The van der Waals surface area contributed by atoms with Crippen LogP contribution in [0.15, 0.2) is 71.8 Å². The Morgan fingerprint density at radius 3 is 2.36 bits per heavy atom. The number of amides is 2. The molecule has 8 heteroatoms. The topological polar surface area (TPSA) is 42.3 Å². The van der Waals surface area contributed by atoms with Crippen LogP contribution in [0.1, 0.15) is 29.2 Å². The van der Waals surface area contributed by atoms with E-state index in [1.54, 1.807) is 18.2 Å². The Labute approximate surface area is 228 Å². The molecular formula is C28H21Cl3N2O2S. The zero-order valence-electron chi connectivity index (χ0n) is 19.3. The molecule has 5 rings (SSSR count). The predicted molar refractivity (Wildman–Crippen MR) is 150 cm³/mol. The van der Waals surface area contributed by atoms with Crippen molar-refractivity contribution in [1.82, 2.24) is 9.47 Å². The number of hydrogen-bond acceptors (Lipinski definition) is 3. The van der Waals surface area contributed by atoms with E-state index >= 15 is 0 Å². The Balaban J connectivity index is 1.51. The molecule has 182 valence electrons. The van der Waals surface area contributed by atoms with Crippen molar-refractivity contribution < 1.29 is 9.59 Å². The maximum absolute atomic E-state index is 13.2. The van der Waals surface area contributed by atoms with Crippen molar-refractivity contribution in [3.63, 3.8) is 0 Å². The number of thioether (sulfide) groups is 1. The molecule has 2 amide bonds. The van der Waals surface area contributed by atoms with Gasteiger partial charge in [0.05, 0.1) is 27.0 Å². The van der Waals surface area contributed by atoms with Crippen LogP contribution in [0.3, 0.4) is 0 Å². The van der Waals surface area contributed by atoms with Crippen LogP contribution in [0, 0.1) is 0 Å². The first kappa shape index (κ1) is 25.0. The monoisotopic (exact) mass is 554 g/mol. The summed E-state index contributed by atoms with van der Waals surface area (Å²) in [5.41, 5.74) is 5.04. The van der Waals surface area contributed by atoms with Gasteiger partial charge in [0.25, 0.3) is 11.1 Å². The number of imide groups is 1. The lowest BCUT2D eigenvalue weighted by molar-refractivity contribution is -0.123. The molecule has 1 aliphatic rings. The smallest absolute Gasteiger partial charge is 0.293 e. The minimum Gasteiger partial charge on any atom is -0.342 e. The number of carbonyl (C=O) groups is 2. The van der Waals surface area contributed by atoms with Crippen LogP contribution >= 0.6 is 46.6 Å². The molecule has 0 bridgehead atoms. The number of rotatable bonds is 6. The third kappa shape index (κ3) is 4.94. The summed E-state index contributed by atoms with van der Waals surface area (Å²) in [5.74, 6) is -0.294. The van der Waals surface area contributed by atoms with E-state index in [1.165, 1.54) is 10.5 Å². The van der Waals surface area contributed by atoms with E-state index in [9.17, 15) is 9.59 Å². The SMILES string of the molecule is CCc1cccc2c(/C=C3\SC(=O)N(Cc4ccc(Cl)cc4)C3=O)cn(Cc3ccc(Cl)c(Cl)c3)c12. The second kappa shape index (κ2) is 10.3. The second-order valence-electron chi connectivity index (χ2n) is 8.52. The van der Waals surface area contributed by atoms with Crippen molar-refractivity contribution in [2.45, 2.75) is 26.4 Å². The van der Waals surface area contributed by atoms with Crippen LogP contribution in [0.25, 0.3) is 17.0 Å². The van der Waals surface area contributed by atoms with E-state index in [-0.39, 0.29) is 17.7 Å². The summed E-state index contributed by atoms with van der Waals surface area (Å²) >= 11 is 19.3. The van der Waals surface area contributed by atoms with Gasteiger partial charge in [-0.2, -0.15) is 0 Å². The van der Waals surface area contributed by atoms with Crippen LogP contribution in [0.5, 0.6) is 0 Å². The van der Waals surface area contributed by atoms with Gasteiger partial charge < -0.3 is 4.57 Å². The van der Waals surface area contributed by atoms with Crippen LogP contribution in [-0.4, -0.2) is 20.6 Å². The number of benzene rings is 3. The fourth-order valence-electron chi connectivity index (χ4n) is 4.38. The summed E-state index contributed by atoms with van der Waals surface area (Å²) in [5, 5.41) is 2.38. The van der Waals surface area contributed by atoms with Crippen molar-refractivity contribution in [3.8, 4) is 0 Å². The zero-order valence-corrected chi connectivity index (χ0v) is 22.4. The Bertz CT molecular complexity index is 1530. The molecule has 0 atom stereocenters. The molecule has 1 aromatic heterocycles. The van der Waals surface area contributed by atoms with Gasteiger partial charge in [-0.3, -0.25) is 14.5 Å².